The summed E-state index contributed by atoms with van der Waals surface area (Å²) in [5, 5.41) is 7.27. The fourth-order valence-corrected chi connectivity index (χ4v) is 4.12. The number of benzene rings is 1. The first-order valence-electron chi connectivity index (χ1n) is 8.59. The topological polar surface area (TPSA) is 96.2 Å². The standard InChI is InChI=1S/C18H16N6O2S/c25-16-14-9-21-17(22-13-2-1-11-3-4-19-8-12(11)7-13)23-15(14)27-10-24(16)18-20-5-6-26-18/h1-2,5-7,9,19H,3-4,8,10H2,(H,21,22,23). The van der Waals surface area contributed by atoms with Gasteiger partial charge in [0.15, 0.2) is 0 Å². The molecule has 136 valence electrons. The first-order chi connectivity index (χ1) is 13.3. The van der Waals surface area contributed by atoms with Gasteiger partial charge in [0, 0.05) is 18.4 Å². The van der Waals surface area contributed by atoms with Crippen molar-refractivity contribution in [2.45, 2.75) is 18.0 Å². The van der Waals surface area contributed by atoms with Crippen LogP contribution in [0.2, 0.25) is 0 Å². The summed E-state index contributed by atoms with van der Waals surface area (Å²) in [7, 11) is 0. The molecule has 8 nitrogen and oxygen atoms in total. The summed E-state index contributed by atoms with van der Waals surface area (Å²) in [6.07, 6.45) is 5.56. The van der Waals surface area contributed by atoms with Gasteiger partial charge in [-0.3, -0.25) is 9.69 Å². The van der Waals surface area contributed by atoms with Crippen LogP contribution in [0, 0.1) is 0 Å². The zero-order chi connectivity index (χ0) is 18.2. The second-order valence-electron chi connectivity index (χ2n) is 6.27. The molecule has 1 amide bonds. The second-order valence-corrected chi connectivity index (χ2v) is 7.20. The predicted molar refractivity (Wildman–Crippen MR) is 101 cm³/mol. The van der Waals surface area contributed by atoms with E-state index in [1.54, 1.807) is 6.20 Å². The minimum absolute atomic E-state index is 0.211. The number of carbonyl (C=O) groups is 1. The summed E-state index contributed by atoms with van der Waals surface area (Å²) in [5.41, 5.74) is 4.05. The molecule has 9 heteroatoms. The summed E-state index contributed by atoms with van der Waals surface area (Å²) >= 11 is 1.45. The van der Waals surface area contributed by atoms with Gasteiger partial charge < -0.3 is 15.1 Å². The van der Waals surface area contributed by atoms with E-state index < -0.39 is 0 Å². The number of oxazole rings is 1. The van der Waals surface area contributed by atoms with E-state index in [-0.39, 0.29) is 11.9 Å². The molecule has 1 aromatic carbocycles. The minimum Gasteiger partial charge on any atom is -0.432 e. The molecule has 0 saturated heterocycles. The smallest absolute Gasteiger partial charge is 0.305 e. The average Bonchev–Trinajstić information content (AvgIpc) is 3.23. The summed E-state index contributed by atoms with van der Waals surface area (Å²) < 4.78 is 5.23. The SMILES string of the molecule is O=C1c2cnc(Nc3ccc4c(c3)CNCC4)nc2SCN1c1ncco1. The van der Waals surface area contributed by atoms with E-state index in [4.69, 9.17) is 4.42 Å². The number of aromatic nitrogens is 3. The third-order valence-corrected chi connectivity index (χ3v) is 5.53. The Hall–Kier alpha value is -2.91. The Morgan fingerprint density at radius 2 is 2.22 bits per heavy atom. The van der Waals surface area contributed by atoms with E-state index in [0.29, 0.717) is 22.4 Å². The molecule has 2 aliphatic heterocycles. The number of nitrogens with one attached hydrogen (secondary N) is 2. The van der Waals surface area contributed by atoms with Crippen molar-refractivity contribution in [2.75, 3.05) is 22.6 Å². The molecule has 0 atom stereocenters. The summed E-state index contributed by atoms with van der Waals surface area (Å²) in [6.45, 7) is 1.89. The van der Waals surface area contributed by atoms with E-state index in [0.717, 1.165) is 25.2 Å². The summed E-state index contributed by atoms with van der Waals surface area (Å²) in [5.74, 6) is 0.660. The summed E-state index contributed by atoms with van der Waals surface area (Å²) in [6, 6.07) is 6.58. The zero-order valence-corrected chi connectivity index (χ0v) is 15.1. The van der Waals surface area contributed by atoms with Gasteiger partial charge in [-0.25, -0.2) is 15.0 Å². The van der Waals surface area contributed by atoms with Crippen LogP contribution in [0.3, 0.4) is 0 Å². The van der Waals surface area contributed by atoms with Crippen LogP contribution in [0.25, 0.3) is 0 Å². The first-order valence-corrected chi connectivity index (χ1v) is 9.57. The fourth-order valence-electron chi connectivity index (χ4n) is 3.19. The number of fused-ring (bicyclic) bond motifs is 2. The van der Waals surface area contributed by atoms with Gasteiger partial charge in [0.05, 0.1) is 17.6 Å². The minimum atomic E-state index is -0.211. The monoisotopic (exact) mass is 380 g/mol. The van der Waals surface area contributed by atoms with Gasteiger partial charge in [0.2, 0.25) is 5.95 Å². The first kappa shape index (κ1) is 16.3. The van der Waals surface area contributed by atoms with Gasteiger partial charge in [-0.05, 0) is 36.2 Å². The second kappa shape index (κ2) is 6.67. The Morgan fingerprint density at radius 3 is 3.11 bits per heavy atom. The lowest BCUT2D eigenvalue weighted by Gasteiger charge is -2.24. The van der Waals surface area contributed by atoms with Crippen LogP contribution in [-0.4, -0.2) is 33.3 Å². The highest BCUT2D eigenvalue weighted by Crippen LogP contribution is 2.32. The third-order valence-electron chi connectivity index (χ3n) is 4.56. The van der Waals surface area contributed by atoms with Crippen LogP contribution < -0.4 is 15.5 Å². The molecule has 0 radical (unpaired) electrons. The lowest BCUT2D eigenvalue weighted by molar-refractivity contribution is 0.0980. The zero-order valence-electron chi connectivity index (χ0n) is 14.3. The van der Waals surface area contributed by atoms with Crippen molar-refractivity contribution >= 4 is 35.3 Å². The maximum atomic E-state index is 12.7. The summed E-state index contributed by atoms with van der Waals surface area (Å²) in [4.78, 5) is 27.0. The highest BCUT2D eigenvalue weighted by atomic mass is 32.2. The van der Waals surface area contributed by atoms with Crippen molar-refractivity contribution in [1.82, 2.24) is 20.3 Å². The molecule has 0 bridgehead atoms. The van der Waals surface area contributed by atoms with Gasteiger partial charge in [-0.2, -0.15) is 0 Å². The number of hydrogen-bond acceptors (Lipinski definition) is 8. The third kappa shape index (κ3) is 3.04. The molecule has 4 heterocycles. The van der Waals surface area contributed by atoms with E-state index in [9.17, 15) is 4.79 Å². The van der Waals surface area contributed by atoms with Crippen LogP contribution in [-0.2, 0) is 13.0 Å². The van der Waals surface area contributed by atoms with Crippen LogP contribution in [0.1, 0.15) is 21.5 Å². The Labute approximate surface area is 159 Å². The highest BCUT2D eigenvalue weighted by Gasteiger charge is 2.30. The van der Waals surface area contributed by atoms with Gasteiger partial charge in [-0.15, -0.1) is 0 Å². The van der Waals surface area contributed by atoms with Crippen LogP contribution in [0.5, 0.6) is 0 Å². The fraction of sp³-hybridized carbons (Fsp3) is 0.222. The predicted octanol–water partition coefficient (Wildman–Crippen LogP) is 2.56. The van der Waals surface area contributed by atoms with Crippen molar-refractivity contribution in [3.05, 3.63) is 53.5 Å². The van der Waals surface area contributed by atoms with Crippen LogP contribution in [0.15, 0.2) is 46.3 Å². The van der Waals surface area contributed by atoms with Gasteiger partial charge >= 0.3 is 6.01 Å². The normalized spacial score (nSPS) is 16.0. The molecule has 0 spiro atoms. The lowest BCUT2D eigenvalue weighted by Crippen LogP contribution is -2.34. The Morgan fingerprint density at radius 1 is 1.26 bits per heavy atom. The quantitative estimate of drug-likeness (QED) is 0.670. The van der Waals surface area contributed by atoms with Gasteiger partial charge in [0.25, 0.3) is 5.91 Å². The van der Waals surface area contributed by atoms with Crippen molar-refractivity contribution in [3.8, 4) is 0 Å². The van der Waals surface area contributed by atoms with Crippen LogP contribution >= 0.6 is 11.8 Å². The Balaban J connectivity index is 1.38. The molecule has 2 N–H and O–H groups in total. The van der Waals surface area contributed by atoms with E-state index >= 15 is 0 Å². The molecule has 3 aromatic rings. The van der Waals surface area contributed by atoms with E-state index in [2.05, 4.69) is 37.7 Å². The largest absolute Gasteiger partial charge is 0.432 e. The Kier molecular flexibility index (Phi) is 4.02. The lowest BCUT2D eigenvalue weighted by atomic mass is 10.0. The van der Waals surface area contributed by atoms with E-state index in [1.165, 1.54) is 40.2 Å². The maximum Gasteiger partial charge on any atom is 0.305 e. The number of anilines is 3. The molecule has 2 aromatic heterocycles. The van der Waals surface area contributed by atoms with Gasteiger partial charge in [-0.1, -0.05) is 17.8 Å². The molecule has 5 rings (SSSR count). The van der Waals surface area contributed by atoms with Crippen molar-refractivity contribution < 1.29 is 9.21 Å². The van der Waals surface area contributed by atoms with Crippen LogP contribution in [0.4, 0.5) is 17.7 Å². The molecule has 0 unspecified atom stereocenters. The van der Waals surface area contributed by atoms with E-state index in [1.807, 2.05) is 6.07 Å². The molecular weight excluding hydrogens is 364 g/mol. The molecule has 0 aliphatic carbocycles. The van der Waals surface area contributed by atoms with Gasteiger partial charge in [0.1, 0.15) is 11.3 Å². The van der Waals surface area contributed by atoms with Crippen molar-refractivity contribution in [1.29, 1.82) is 0 Å². The number of hydrogen-bond donors (Lipinski definition) is 2. The highest BCUT2D eigenvalue weighted by molar-refractivity contribution is 7.99. The molecular formula is C18H16N6O2S. The maximum absolute atomic E-state index is 12.7. The number of rotatable bonds is 3. The number of thioether (sulfide) groups is 1. The number of nitrogens with zero attached hydrogens (tertiary/aromatic N) is 4. The molecule has 0 saturated carbocycles. The number of amides is 1. The Bertz CT molecular complexity index is 1010. The molecule has 27 heavy (non-hydrogen) atoms. The molecule has 2 aliphatic rings. The van der Waals surface area contributed by atoms with Crippen molar-refractivity contribution in [2.24, 2.45) is 0 Å². The number of carbonyl (C=O) groups excluding carboxylic acids is 1. The van der Waals surface area contributed by atoms with Crippen molar-refractivity contribution in [3.63, 3.8) is 0 Å². The average molecular weight is 380 g/mol. The molecule has 0 fully saturated rings.